The predicted octanol–water partition coefficient (Wildman–Crippen LogP) is 0.796. The van der Waals surface area contributed by atoms with Gasteiger partial charge in [-0.25, -0.2) is 0 Å². The minimum absolute atomic E-state index is 0.142. The molecule has 0 saturated heterocycles. The predicted molar refractivity (Wildman–Crippen MR) is 68.3 cm³/mol. The normalized spacial score (nSPS) is 15.2. The summed E-state index contributed by atoms with van der Waals surface area (Å²) in [6.45, 7) is 7.63. The highest BCUT2D eigenvalue weighted by Gasteiger charge is 2.34. The van der Waals surface area contributed by atoms with Gasteiger partial charge in [0.1, 0.15) is 5.54 Å². The number of aliphatic carboxylic acids is 1. The maximum atomic E-state index is 11.3. The molecule has 0 aromatic rings. The van der Waals surface area contributed by atoms with Crippen LogP contribution in [0.2, 0.25) is 0 Å². The van der Waals surface area contributed by atoms with Crippen molar-refractivity contribution in [2.24, 2.45) is 0 Å². The molecular weight excluding hydrogens is 220 g/mol. The number of likely N-dealkylation sites (N-methyl/N-ethyl adjacent to an activating group) is 1. The van der Waals surface area contributed by atoms with E-state index in [2.05, 4.69) is 5.32 Å². The highest BCUT2D eigenvalue weighted by molar-refractivity contribution is 5.78. The quantitative estimate of drug-likeness (QED) is 0.589. The SMILES string of the molecule is COCCCN(C)CC(C)(NC(C)C)C(=O)O. The zero-order valence-corrected chi connectivity index (χ0v) is 11.6. The summed E-state index contributed by atoms with van der Waals surface area (Å²) in [6.07, 6.45) is 0.907. The maximum absolute atomic E-state index is 11.3. The Labute approximate surface area is 104 Å². The molecule has 0 amide bonds. The average Bonchev–Trinajstić information content (AvgIpc) is 2.16. The highest BCUT2D eigenvalue weighted by atomic mass is 16.5. The third-order valence-corrected chi connectivity index (χ3v) is 2.55. The molecule has 0 aliphatic heterocycles. The summed E-state index contributed by atoms with van der Waals surface area (Å²) in [4.78, 5) is 13.3. The lowest BCUT2D eigenvalue weighted by atomic mass is 10.0. The van der Waals surface area contributed by atoms with Crippen LogP contribution in [0, 0.1) is 0 Å². The topological polar surface area (TPSA) is 61.8 Å². The van der Waals surface area contributed by atoms with Crippen molar-refractivity contribution >= 4 is 5.97 Å². The van der Waals surface area contributed by atoms with Crippen molar-refractivity contribution in [3.05, 3.63) is 0 Å². The van der Waals surface area contributed by atoms with Crippen LogP contribution in [0.4, 0.5) is 0 Å². The molecule has 0 bridgehead atoms. The second-order valence-corrected chi connectivity index (χ2v) is 5.02. The summed E-state index contributed by atoms with van der Waals surface area (Å²) < 4.78 is 4.98. The van der Waals surface area contributed by atoms with E-state index in [1.165, 1.54) is 0 Å². The molecule has 2 N–H and O–H groups in total. The molecule has 0 aromatic carbocycles. The molecule has 102 valence electrons. The molecule has 5 heteroatoms. The lowest BCUT2D eigenvalue weighted by Gasteiger charge is -2.32. The molecule has 0 radical (unpaired) electrons. The van der Waals surface area contributed by atoms with Crippen LogP contribution in [0.1, 0.15) is 27.2 Å². The first-order valence-electron chi connectivity index (χ1n) is 6.00. The Kier molecular flexibility index (Phi) is 7.34. The van der Waals surface area contributed by atoms with Gasteiger partial charge in [0, 0.05) is 32.8 Å². The zero-order valence-electron chi connectivity index (χ0n) is 11.6. The Balaban J connectivity index is 4.28. The number of nitrogens with zero attached hydrogens (tertiary/aromatic N) is 1. The van der Waals surface area contributed by atoms with E-state index in [1.54, 1.807) is 14.0 Å². The van der Waals surface area contributed by atoms with E-state index < -0.39 is 11.5 Å². The molecule has 0 spiro atoms. The van der Waals surface area contributed by atoms with Crippen molar-refractivity contribution in [1.29, 1.82) is 0 Å². The van der Waals surface area contributed by atoms with Crippen LogP contribution < -0.4 is 5.32 Å². The van der Waals surface area contributed by atoms with Crippen molar-refractivity contribution in [2.45, 2.75) is 38.8 Å². The third kappa shape index (κ3) is 6.61. The number of ether oxygens (including phenoxy) is 1. The Morgan fingerprint density at radius 3 is 2.53 bits per heavy atom. The fourth-order valence-corrected chi connectivity index (χ4v) is 1.91. The van der Waals surface area contributed by atoms with Crippen LogP contribution in [-0.2, 0) is 9.53 Å². The first-order valence-corrected chi connectivity index (χ1v) is 6.00. The summed E-state index contributed by atoms with van der Waals surface area (Å²) in [5.74, 6) is -0.815. The number of carboxylic acid groups (broad SMARTS) is 1. The molecule has 0 aromatic heterocycles. The molecule has 0 heterocycles. The molecule has 1 atom stereocenters. The van der Waals surface area contributed by atoms with Gasteiger partial charge in [-0.1, -0.05) is 0 Å². The Bertz CT molecular complexity index is 234. The number of carboxylic acids is 1. The molecule has 0 aliphatic carbocycles. The molecule has 1 unspecified atom stereocenters. The van der Waals surface area contributed by atoms with E-state index in [4.69, 9.17) is 4.74 Å². The van der Waals surface area contributed by atoms with Crippen molar-refractivity contribution < 1.29 is 14.6 Å². The van der Waals surface area contributed by atoms with E-state index in [0.717, 1.165) is 13.0 Å². The van der Waals surface area contributed by atoms with Crippen molar-refractivity contribution in [3.63, 3.8) is 0 Å². The Morgan fingerprint density at radius 1 is 1.53 bits per heavy atom. The molecule has 0 fully saturated rings. The number of rotatable bonds is 9. The van der Waals surface area contributed by atoms with Crippen molar-refractivity contribution in [2.75, 3.05) is 33.9 Å². The van der Waals surface area contributed by atoms with Gasteiger partial charge in [0.05, 0.1) is 0 Å². The van der Waals surface area contributed by atoms with Crippen molar-refractivity contribution in [3.8, 4) is 0 Å². The van der Waals surface area contributed by atoms with E-state index in [-0.39, 0.29) is 6.04 Å². The summed E-state index contributed by atoms with van der Waals surface area (Å²) in [7, 11) is 3.60. The standard InChI is InChI=1S/C12H26N2O3/c1-10(2)13-12(3,11(15)16)9-14(4)7-6-8-17-5/h10,13H,6-9H2,1-5H3,(H,15,16). The fourth-order valence-electron chi connectivity index (χ4n) is 1.91. The van der Waals surface area contributed by atoms with E-state index in [9.17, 15) is 9.90 Å². The average molecular weight is 246 g/mol. The van der Waals surface area contributed by atoms with E-state index in [0.29, 0.717) is 13.2 Å². The highest BCUT2D eigenvalue weighted by Crippen LogP contribution is 2.08. The van der Waals surface area contributed by atoms with Crippen LogP contribution >= 0.6 is 0 Å². The monoisotopic (exact) mass is 246 g/mol. The smallest absolute Gasteiger partial charge is 0.324 e. The van der Waals surface area contributed by atoms with E-state index >= 15 is 0 Å². The van der Waals surface area contributed by atoms with Gasteiger partial charge in [-0.05, 0) is 34.2 Å². The van der Waals surface area contributed by atoms with Crippen LogP contribution in [0.15, 0.2) is 0 Å². The van der Waals surface area contributed by atoms with Gasteiger partial charge in [-0.3, -0.25) is 10.1 Å². The van der Waals surface area contributed by atoms with Gasteiger partial charge in [-0.15, -0.1) is 0 Å². The molecule has 0 saturated carbocycles. The summed E-state index contributed by atoms with van der Waals surface area (Å²) in [6, 6.07) is 0.142. The van der Waals surface area contributed by atoms with E-state index in [1.807, 2.05) is 25.8 Å². The maximum Gasteiger partial charge on any atom is 0.324 e. The lowest BCUT2D eigenvalue weighted by Crippen LogP contribution is -2.58. The number of hydrogen-bond acceptors (Lipinski definition) is 4. The first kappa shape index (κ1) is 16.4. The largest absolute Gasteiger partial charge is 0.480 e. The summed E-state index contributed by atoms with van der Waals surface area (Å²) in [5, 5.41) is 12.4. The summed E-state index contributed by atoms with van der Waals surface area (Å²) >= 11 is 0. The van der Waals surface area contributed by atoms with Gasteiger partial charge in [0.2, 0.25) is 0 Å². The van der Waals surface area contributed by atoms with Gasteiger partial charge in [0.25, 0.3) is 0 Å². The molecule has 17 heavy (non-hydrogen) atoms. The zero-order chi connectivity index (χ0) is 13.5. The van der Waals surface area contributed by atoms with Crippen LogP contribution in [-0.4, -0.2) is 61.4 Å². The molecular formula is C12H26N2O3. The molecule has 5 nitrogen and oxygen atoms in total. The number of hydrogen-bond donors (Lipinski definition) is 2. The second-order valence-electron chi connectivity index (χ2n) is 5.02. The molecule has 0 aliphatic rings. The van der Waals surface area contributed by atoms with Crippen LogP contribution in [0.5, 0.6) is 0 Å². The number of methoxy groups -OCH3 is 1. The first-order chi connectivity index (χ1) is 7.81. The van der Waals surface area contributed by atoms with Gasteiger partial charge >= 0.3 is 5.97 Å². The van der Waals surface area contributed by atoms with Crippen LogP contribution in [0.3, 0.4) is 0 Å². The minimum Gasteiger partial charge on any atom is -0.480 e. The van der Waals surface area contributed by atoms with Gasteiger partial charge < -0.3 is 14.7 Å². The Hall–Kier alpha value is -0.650. The van der Waals surface area contributed by atoms with Gasteiger partial charge in [0.15, 0.2) is 0 Å². The lowest BCUT2D eigenvalue weighted by molar-refractivity contribution is -0.145. The third-order valence-electron chi connectivity index (χ3n) is 2.55. The van der Waals surface area contributed by atoms with Crippen molar-refractivity contribution in [1.82, 2.24) is 10.2 Å². The number of nitrogens with one attached hydrogen (secondary N) is 1. The number of carbonyl (C=O) groups is 1. The van der Waals surface area contributed by atoms with Gasteiger partial charge in [-0.2, -0.15) is 0 Å². The Morgan fingerprint density at radius 2 is 2.12 bits per heavy atom. The second kappa shape index (κ2) is 7.63. The van der Waals surface area contributed by atoms with Crippen LogP contribution in [0.25, 0.3) is 0 Å². The molecule has 0 rings (SSSR count). The minimum atomic E-state index is -0.907. The fraction of sp³-hybridized carbons (Fsp3) is 0.917. The summed E-state index contributed by atoms with van der Waals surface area (Å²) in [5.41, 5.74) is -0.907.